The first-order valence-corrected chi connectivity index (χ1v) is 4.94. The zero-order chi connectivity index (χ0) is 8.06. The van der Waals surface area contributed by atoms with E-state index in [1.165, 1.54) is 0 Å². The highest BCUT2D eigenvalue weighted by molar-refractivity contribution is 9.09. The molecule has 11 heavy (non-hydrogen) atoms. The highest BCUT2D eigenvalue weighted by atomic mass is 79.9. The Bertz CT molecular complexity index is 204. The third-order valence-corrected chi connectivity index (χ3v) is 4.47. The maximum absolute atomic E-state index is 11.0. The van der Waals surface area contributed by atoms with Crippen molar-refractivity contribution in [1.82, 2.24) is 0 Å². The molecule has 62 valence electrons. The third kappa shape index (κ3) is 0.866. The Labute approximate surface area is 74.1 Å². The molecule has 2 aliphatic carbocycles. The van der Waals surface area contributed by atoms with Gasteiger partial charge in [-0.1, -0.05) is 15.9 Å². The molecule has 2 rings (SSSR count). The molecule has 0 aromatic heterocycles. The molecule has 0 aliphatic heterocycles. The molecule has 3 heteroatoms. The summed E-state index contributed by atoms with van der Waals surface area (Å²) < 4.78 is 0. The van der Waals surface area contributed by atoms with Crippen LogP contribution in [0.25, 0.3) is 0 Å². The van der Waals surface area contributed by atoms with Gasteiger partial charge in [-0.2, -0.15) is 0 Å². The van der Waals surface area contributed by atoms with Crippen LogP contribution >= 0.6 is 15.9 Å². The van der Waals surface area contributed by atoms with Crippen LogP contribution in [0.5, 0.6) is 0 Å². The van der Waals surface area contributed by atoms with Crippen LogP contribution in [0.1, 0.15) is 25.7 Å². The molecule has 0 aromatic rings. The van der Waals surface area contributed by atoms with Crippen LogP contribution < -0.4 is 0 Å². The number of hydrogen-bond acceptors (Lipinski definition) is 1. The summed E-state index contributed by atoms with van der Waals surface area (Å²) in [6.45, 7) is 0. The summed E-state index contributed by atoms with van der Waals surface area (Å²) in [6, 6.07) is 0. The van der Waals surface area contributed by atoms with Crippen molar-refractivity contribution in [3.8, 4) is 0 Å². The minimum atomic E-state index is -0.598. The molecule has 0 aromatic carbocycles. The van der Waals surface area contributed by atoms with E-state index in [0.717, 1.165) is 25.7 Å². The fourth-order valence-corrected chi connectivity index (χ4v) is 3.65. The summed E-state index contributed by atoms with van der Waals surface area (Å²) in [4.78, 5) is 11.2. The lowest BCUT2D eigenvalue weighted by Gasteiger charge is -2.26. The molecule has 0 unspecified atom stereocenters. The summed E-state index contributed by atoms with van der Waals surface area (Å²) >= 11 is 3.47. The normalized spacial score (nSPS) is 48.1. The summed E-state index contributed by atoms with van der Waals surface area (Å²) in [7, 11) is 0. The first-order valence-electron chi connectivity index (χ1n) is 4.02. The van der Waals surface area contributed by atoms with Gasteiger partial charge in [0.15, 0.2) is 0 Å². The summed E-state index contributed by atoms with van der Waals surface area (Å²) in [5, 5.41) is 9.03. The second-order valence-electron chi connectivity index (χ2n) is 3.77. The predicted octanol–water partition coefficient (Wildman–Crippen LogP) is 2.02. The van der Waals surface area contributed by atoms with E-state index in [0.29, 0.717) is 5.92 Å². The van der Waals surface area contributed by atoms with E-state index < -0.39 is 11.4 Å². The molecule has 2 aliphatic rings. The lowest BCUT2D eigenvalue weighted by Crippen LogP contribution is -2.34. The van der Waals surface area contributed by atoms with Crippen LogP contribution in [-0.2, 0) is 4.79 Å². The van der Waals surface area contributed by atoms with Gasteiger partial charge < -0.3 is 5.11 Å². The Balaban J connectivity index is 2.29. The second kappa shape index (κ2) is 2.22. The van der Waals surface area contributed by atoms with Crippen LogP contribution in [0.15, 0.2) is 0 Å². The molecular weight excluding hydrogens is 208 g/mol. The molecule has 1 N–H and O–H groups in total. The molecule has 2 bridgehead atoms. The molecule has 2 nitrogen and oxygen atoms in total. The van der Waals surface area contributed by atoms with E-state index in [4.69, 9.17) is 5.11 Å². The Kier molecular flexibility index (Phi) is 1.53. The van der Waals surface area contributed by atoms with Crippen molar-refractivity contribution in [2.24, 2.45) is 11.3 Å². The van der Waals surface area contributed by atoms with Gasteiger partial charge in [-0.25, -0.2) is 0 Å². The van der Waals surface area contributed by atoms with Crippen LogP contribution in [0.3, 0.4) is 0 Å². The zero-order valence-corrected chi connectivity index (χ0v) is 7.80. The Morgan fingerprint density at radius 2 is 2.36 bits per heavy atom. The Morgan fingerprint density at radius 1 is 1.64 bits per heavy atom. The van der Waals surface area contributed by atoms with E-state index in [1.807, 2.05) is 0 Å². The van der Waals surface area contributed by atoms with Gasteiger partial charge in [0.25, 0.3) is 0 Å². The summed E-state index contributed by atoms with van der Waals surface area (Å²) in [5.74, 6) is 0.0786. The number of rotatable bonds is 1. The zero-order valence-electron chi connectivity index (χ0n) is 6.22. The van der Waals surface area contributed by atoms with Crippen LogP contribution in [0, 0.1) is 11.3 Å². The van der Waals surface area contributed by atoms with Crippen molar-refractivity contribution in [2.75, 3.05) is 0 Å². The topological polar surface area (TPSA) is 37.3 Å². The van der Waals surface area contributed by atoms with Gasteiger partial charge in [0, 0.05) is 4.83 Å². The number of hydrogen-bond donors (Lipinski definition) is 1. The molecule has 2 fully saturated rings. The van der Waals surface area contributed by atoms with Crippen LogP contribution in [-0.4, -0.2) is 15.9 Å². The Hall–Kier alpha value is -0.0500. The lowest BCUT2D eigenvalue weighted by molar-refractivity contribution is -0.147. The SMILES string of the molecule is O=C(O)[C@@]12CC[C@@H](C[C@H]1Br)C2. The quantitative estimate of drug-likeness (QED) is 0.685. The van der Waals surface area contributed by atoms with Gasteiger partial charge in [-0.05, 0) is 31.6 Å². The first kappa shape index (κ1) is 7.59. The average Bonchev–Trinajstić information content (AvgIpc) is 2.43. The smallest absolute Gasteiger partial charge is 0.310 e. The highest BCUT2D eigenvalue weighted by Gasteiger charge is 2.56. The fourth-order valence-electron chi connectivity index (χ4n) is 2.51. The van der Waals surface area contributed by atoms with Crippen molar-refractivity contribution in [3.63, 3.8) is 0 Å². The Morgan fingerprint density at radius 3 is 2.64 bits per heavy atom. The van der Waals surface area contributed by atoms with Gasteiger partial charge >= 0.3 is 5.97 Å². The third-order valence-electron chi connectivity index (χ3n) is 3.22. The number of fused-ring (bicyclic) bond motifs is 2. The van der Waals surface area contributed by atoms with E-state index in [-0.39, 0.29) is 4.83 Å². The average molecular weight is 219 g/mol. The van der Waals surface area contributed by atoms with E-state index in [2.05, 4.69) is 15.9 Å². The summed E-state index contributed by atoms with van der Waals surface area (Å²) in [5.41, 5.74) is -0.398. The van der Waals surface area contributed by atoms with Crippen LogP contribution in [0.2, 0.25) is 0 Å². The minimum Gasteiger partial charge on any atom is -0.481 e. The molecule has 0 amide bonds. The lowest BCUT2D eigenvalue weighted by atomic mass is 9.84. The molecule has 2 saturated carbocycles. The number of carbonyl (C=O) groups is 1. The fraction of sp³-hybridized carbons (Fsp3) is 0.875. The van der Waals surface area contributed by atoms with Gasteiger partial charge in [-0.15, -0.1) is 0 Å². The number of aliphatic carboxylic acids is 1. The standard InChI is InChI=1S/C8H11BrO2/c9-6-3-5-1-2-8(6,4-5)7(10)11/h5-6H,1-4H2,(H,10,11)/t5-,6+,8+/m0/s1. The van der Waals surface area contributed by atoms with Gasteiger partial charge in [0.2, 0.25) is 0 Å². The van der Waals surface area contributed by atoms with Crippen molar-refractivity contribution in [2.45, 2.75) is 30.5 Å². The van der Waals surface area contributed by atoms with Gasteiger partial charge in [0.05, 0.1) is 5.41 Å². The number of carboxylic acids is 1. The molecule has 0 heterocycles. The predicted molar refractivity (Wildman–Crippen MR) is 44.7 cm³/mol. The van der Waals surface area contributed by atoms with Crippen LogP contribution in [0.4, 0.5) is 0 Å². The highest BCUT2D eigenvalue weighted by Crippen LogP contribution is 2.56. The van der Waals surface area contributed by atoms with E-state index in [1.54, 1.807) is 0 Å². The molecule has 0 saturated heterocycles. The maximum Gasteiger partial charge on any atom is 0.310 e. The molecular formula is C8H11BrO2. The van der Waals surface area contributed by atoms with Crippen molar-refractivity contribution in [1.29, 1.82) is 0 Å². The molecule has 0 radical (unpaired) electrons. The van der Waals surface area contributed by atoms with E-state index >= 15 is 0 Å². The number of halogens is 1. The van der Waals surface area contributed by atoms with Gasteiger partial charge in [0.1, 0.15) is 0 Å². The first-order chi connectivity index (χ1) is 5.15. The largest absolute Gasteiger partial charge is 0.481 e. The number of alkyl halides is 1. The van der Waals surface area contributed by atoms with Crippen molar-refractivity contribution >= 4 is 21.9 Å². The molecule has 3 atom stereocenters. The maximum atomic E-state index is 11.0. The van der Waals surface area contributed by atoms with Crippen molar-refractivity contribution < 1.29 is 9.90 Å². The van der Waals surface area contributed by atoms with Gasteiger partial charge in [-0.3, -0.25) is 4.79 Å². The van der Waals surface area contributed by atoms with E-state index in [9.17, 15) is 4.79 Å². The summed E-state index contributed by atoms with van der Waals surface area (Å²) in [6.07, 6.45) is 3.96. The molecule has 0 spiro atoms. The monoisotopic (exact) mass is 218 g/mol. The number of carboxylic acid groups (broad SMARTS) is 1. The second-order valence-corrected chi connectivity index (χ2v) is 4.88. The minimum absolute atomic E-state index is 0.228. The van der Waals surface area contributed by atoms with Crippen molar-refractivity contribution in [3.05, 3.63) is 0 Å².